The van der Waals surface area contributed by atoms with Crippen molar-refractivity contribution < 1.29 is 9.90 Å². The summed E-state index contributed by atoms with van der Waals surface area (Å²) in [5.74, 6) is 1.04. The zero-order chi connectivity index (χ0) is 16.2. The van der Waals surface area contributed by atoms with Gasteiger partial charge in [0.15, 0.2) is 0 Å². The van der Waals surface area contributed by atoms with Gasteiger partial charge in [0.2, 0.25) is 0 Å². The number of para-hydroxylation sites is 1. The fourth-order valence-corrected chi connectivity index (χ4v) is 2.90. The molecule has 2 aromatic rings. The Balaban J connectivity index is 1.82. The molecular weight excluding hydrogens is 292 g/mol. The second-order valence-electron chi connectivity index (χ2n) is 5.79. The molecular formula is C17H20N4O2. The lowest BCUT2D eigenvalue weighted by Crippen LogP contribution is -2.16. The number of carboxylic acids is 1. The normalized spacial score (nSPS) is 14.7. The maximum atomic E-state index is 11.3. The van der Waals surface area contributed by atoms with E-state index in [4.69, 9.17) is 0 Å². The van der Waals surface area contributed by atoms with Crippen LogP contribution >= 0.6 is 0 Å². The van der Waals surface area contributed by atoms with E-state index in [1.807, 2.05) is 13.0 Å². The number of aromatic carboxylic acids is 1. The molecule has 0 atom stereocenters. The van der Waals surface area contributed by atoms with Crippen LogP contribution in [0.3, 0.4) is 0 Å². The first-order valence-corrected chi connectivity index (χ1v) is 7.83. The van der Waals surface area contributed by atoms with Gasteiger partial charge >= 0.3 is 5.97 Å². The third-order valence-corrected chi connectivity index (χ3v) is 3.97. The number of hydrogen-bond donors (Lipinski definition) is 3. The van der Waals surface area contributed by atoms with Gasteiger partial charge in [-0.05, 0) is 31.9 Å². The first-order chi connectivity index (χ1) is 11.1. The SMILES string of the molecule is Cc1nc(Nc2ccccc2C(=O)O)cc(NC2CCCC2)n1. The van der Waals surface area contributed by atoms with Crippen LogP contribution in [0.5, 0.6) is 0 Å². The number of aromatic nitrogens is 2. The second-order valence-corrected chi connectivity index (χ2v) is 5.79. The van der Waals surface area contributed by atoms with Crippen LogP contribution < -0.4 is 10.6 Å². The van der Waals surface area contributed by atoms with E-state index in [2.05, 4.69) is 20.6 Å². The molecule has 6 nitrogen and oxygen atoms in total. The van der Waals surface area contributed by atoms with Gasteiger partial charge in [-0.2, -0.15) is 0 Å². The lowest BCUT2D eigenvalue weighted by molar-refractivity contribution is 0.0698. The molecule has 1 aromatic heterocycles. The third kappa shape index (κ3) is 3.77. The molecule has 1 fully saturated rings. The number of carboxylic acid groups (broad SMARTS) is 1. The molecule has 1 heterocycles. The Morgan fingerprint density at radius 2 is 1.87 bits per heavy atom. The molecule has 0 aliphatic heterocycles. The Morgan fingerprint density at radius 3 is 2.61 bits per heavy atom. The highest BCUT2D eigenvalue weighted by atomic mass is 16.4. The van der Waals surface area contributed by atoms with Crippen molar-refractivity contribution in [2.45, 2.75) is 38.6 Å². The van der Waals surface area contributed by atoms with Gasteiger partial charge < -0.3 is 15.7 Å². The molecule has 0 bridgehead atoms. The summed E-state index contributed by atoms with van der Waals surface area (Å²) >= 11 is 0. The number of anilines is 3. The molecule has 120 valence electrons. The van der Waals surface area contributed by atoms with Crippen LogP contribution in [0.1, 0.15) is 41.9 Å². The number of hydrogen-bond acceptors (Lipinski definition) is 5. The largest absolute Gasteiger partial charge is 0.478 e. The van der Waals surface area contributed by atoms with Crippen molar-refractivity contribution >= 4 is 23.3 Å². The van der Waals surface area contributed by atoms with Crippen LogP contribution in [0.4, 0.5) is 17.3 Å². The van der Waals surface area contributed by atoms with Crippen molar-refractivity contribution in [3.05, 3.63) is 41.7 Å². The number of nitrogens with one attached hydrogen (secondary N) is 2. The van der Waals surface area contributed by atoms with E-state index >= 15 is 0 Å². The van der Waals surface area contributed by atoms with Crippen LogP contribution in [0, 0.1) is 6.92 Å². The highest BCUT2D eigenvalue weighted by Crippen LogP contribution is 2.24. The topological polar surface area (TPSA) is 87.1 Å². The first kappa shape index (κ1) is 15.3. The number of benzene rings is 1. The van der Waals surface area contributed by atoms with Gasteiger partial charge in [-0.25, -0.2) is 14.8 Å². The summed E-state index contributed by atoms with van der Waals surface area (Å²) in [5, 5.41) is 15.8. The third-order valence-electron chi connectivity index (χ3n) is 3.97. The van der Waals surface area contributed by atoms with Gasteiger partial charge in [-0.1, -0.05) is 25.0 Å². The highest BCUT2D eigenvalue weighted by molar-refractivity contribution is 5.95. The summed E-state index contributed by atoms with van der Waals surface area (Å²) in [6, 6.07) is 9.07. The number of rotatable bonds is 5. The van der Waals surface area contributed by atoms with E-state index in [9.17, 15) is 9.90 Å². The van der Waals surface area contributed by atoms with Crippen molar-refractivity contribution in [3.63, 3.8) is 0 Å². The van der Waals surface area contributed by atoms with E-state index in [-0.39, 0.29) is 5.56 Å². The Hall–Kier alpha value is -2.63. The Morgan fingerprint density at radius 1 is 1.17 bits per heavy atom. The summed E-state index contributed by atoms with van der Waals surface area (Å²) in [6.45, 7) is 1.83. The van der Waals surface area contributed by atoms with Gasteiger partial charge in [0.25, 0.3) is 0 Å². The molecule has 3 rings (SSSR count). The van der Waals surface area contributed by atoms with E-state index in [1.54, 1.807) is 24.3 Å². The van der Waals surface area contributed by atoms with E-state index < -0.39 is 5.97 Å². The van der Waals surface area contributed by atoms with Crippen molar-refractivity contribution in [2.24, 2.45) is 0 Å². The van der Waals surface area contributed by atoms with E-state index in [0.29, 0.717) is 23.4 Å². The summed E-state index contributed by atoms with van der Waals surface area (Å²) < 4.78 is 0. The van der Waals surface area contributed by atoms with Gasteiger partial charge in [-0.15, -0.1) is 0 Å². The summed E-state index contributed by atoms with van der Waals surface area (Å²) in [4.78, 5) is 20.1. The standard InChI is InChI=1S/C17H20N4O2/c1-11-18-15(20-12-6-2-3-7-12)10-16(19-11)21-14-9-5-4-8-13(14)17(22)23/h4-5,8-10,12H,2-3,6-7H2,1H3,(H,22,23)(H2,18,19,20,21). The maximum absolute atomic E-state index is 11.3. The molecule has 1 aliphatic rings. The van der Waals surface area contributed by atoms with Crippen LogP contribution in [-0.2, 0) is 0 Å². The zero-order valence-electron chi connectivity index (χ0n) is 13.0. The highest BCUT2D eigenvalue weighted by Gasteiger charge is 2.16. The molecule has 1 saturated carbocycles. The van der Waals surface area contributed by atoms with Crippen molar-refractivity contribution in [1.82, 2.24) is 9.97 Å². The maximum Gasteiger partial charge on any atom is 0.337 e. The van der Waals surface area contributed by atoms with Gasteiger partial charge in [0, 0.05) is 12.1 Å². The van der Waals surface area contributed by atoms with Crippen molar-refractivity contribution in [2.75, 3.05) is 10.6 Å². The molecule has 0 radical (unpaired) electrons. The van der Waals surface area contributed by atoms with Gasteiger partial charge in [-0.3, -0.25) is 0 Å². The Labute approximate surface area is 135 Å². The lowest BCUT2D eigenvalue weighted by atomic mass is 10.2. The lowest BCUT2D eigenvalue weighted by Gasteiger charge is -2.15. The van der Waals surface area contributed by atoms with Crippen LogP contribution in [-0.4, -0.2) is 27.1 Å². The monoisotopic (exact) mass is 312 g/mol. The minimum atomic E-state index is -0.969. The molecule has 6 heteroatoms. The Kier molecular flexibility index (Phi) is 4.41. The number of carbonyl (C=O) groups is 1. The molecule has 3 N–H and O–H groups in total. The van der Waals surface area contributed by atoms with Crippen LogP contribution in [0.2, 0.25) is 0 Å². The quantitative estimate of drug-likeness (QED) is 0.782. The molecule has 23 heavy (non-hydrogen) atoms. The van der Waals surface area contributed by atoms with Gasteiger partial charge in [0.1, 0.15) is 17.5 Å². The van der Waals surface area contributed by atoms with Crippen molar-refractivity contribution in [3.8, 4) is 0 Å². The van der Waals surface area contributed by atoms with Gasteiger partial charge in [0.05, 0.1) is 11.3 Å². The summed E-state index contributed by atoms with van der Waals surface area (Å²) in [7, 11) is 0. The summed E-state index contributed by atoms with van der Waals surface area (Å²) in [5.41, 5.74) is 0.735. The number of nitrogens with zero attached hydrogens (tertiary/aromatic N) is 2. The molecule has 1 aliphatic carbocycles. The first-order valence-electron chi connectivity index (χ1n) is 7.83. The average molecular weight is 312 g/mol. The molecule has 0 saturated heterocycles. The number of aryl methyl sites for hydroxylation is 1. The summed E-state index contributed by atoms with van der Waals surface area (Å²) in [6.07, 6.45) is 4.82. The second kappa shape index (κ2) is 6.64. The molecule has 0 amide bonds. The average Bonchev–Trinajstić information content (AvgIpc) is 3.00. The van der Waals surface area contributed by atoms with Crippen LogP contribution in [0.25, 0.3) is 0 Å². The fraction of sp³-hybridized carbons (Fsp3) is 0.353. The van der Waals surface area contributed by atoms with Crippen molar-refractivity contribution in [1.29, 1.82) is 0 Å². The minimum Gasteiger partial charge on any atom is -0.478 e. The smallest absolute Gasteiger partial charge is 0.337 e. The minimum absolute atomic E-state index is 0.217. The molecule has 0 spiro atoms. The van der Waals surface area contributed by atoms with E-state index in [0.717, 1.165) is 18.7 Å². The Bertz CT molecular complexity index is 711. The fourth-order valence-electron chi connectivity index (χ4n) is 2.90. The molecule has 0 unspecified atom stereocenters. The zero-order valence-corrected chi connectivity index (χ0v) is 13.0. The predicted molar refractivity (Wildman–Crippen MR) is 89.3 cm³/mol. The molecule has 1 aromatic carbocycles. The van der Waals surface area contributed by atoms with Crippen LogP contribution in [0.15, 0.2) is 30.3 Å². The van der Waals surface area contributed by atoms with E-state index in [1.165, 1.54) is 12.8 Å². The predicted octanol–water partition coefficient (Wildman–Crippen LogP) is 3.58.